The molecule has 0 atom stereocenters. The molecule has 2 amide bonds. The van der Waals surface area contributed by atoms with Gasteiger partial charge in [0.15, 0.2) is 28.7 Å². The lowest BCUT2D eigenvalue weighted by atomic mass is 10.1. The lowest BCUT2D eigenvalue weighted by Crippen LogP contribution is -2.44. The van der Waals surface area contributed by atoms with Gasteiger partial charge in [-0.15, -0.1) is 0 Å². The summed E-state index contributed by atoms with van der Waals surface area (Å²) >= 11 is 6.31. The fraction of sp³-hybridized carbons (Fsp3) is 0.375. The Bertz CT molecular complexity index is 1260. The summed E-state index contributed by atoms with van der Waals surface area (Å²) in [5.74, 6) is -5.80. The van der Waals surface area contributed by atoms with Crippen molar-refractivity contribution in [3.63, 3.8) is 0 Å². The maximum atomic E-state index is 15.1. The van der Waals surface area contributed by atoms with E-state index in [1.807, 2.05) is 0 Å². The first kappa shape index (κ1) is 30.2. The number of methoxy groups -OCH3 is 1. The minimum atomic E-state index is -1.54. The van der Waals surface area contributed by atoms with Crippen LogP contribution in [0, 0.1) is 21.7 Å². The number of halogens is 3. The standard InChI is InChI=1S/C24H25ClF2N2O9/c1-23(2,3)37-21(31)28(22(32)38-24(4,5)6)14-9-8-12(26)19(17(14)25)36-15-11-10-13(29(33)34)16(18(15)27)20(30)35-7/h8-11H,1-7H3. The van der Waals surface area contributed by atoms with Crippen LogP contribution in [-0.4, -0.2) is 41.4 Å². The van der Waals surface area contributed by atoms with Gasteiger partial charge in [0.1, 0.15) is 16.2 Å². The molecule has 2 aromatic rings. The summed E-state index contributed by atoms with van der Waals surface area (Å²) in [7, 11) is 0.876. The van der Waals surface area contributed by atoms with Gasteiger partial charge in [-0.05, 0) is 59.7 Å². The molecule has 38 heavy (non-hydrogen) atoms. The maximum absolute atomic E-state index is 15.1. The highest BCUT2D eigenvalue weighted by Crippen LogP contribution is 2.42. The number of nitrogens with zero attached hydrogens (tertiary/aromatic N) is 2. The second kappa shape index (κ2) is 11.2. The number of carbonyl (C=O) groups excluding carboxylic acids is 3. The van der Waals surface area contributed by atoms with Crippen molar-refractivity contribution in [1.82, 2.24) is 0 Å². The highest BCUT2D eigenvalue weighted by Gasteiger charge is 2.36. The van der Waals surface area contributed by atoms with Crippen molar-refractivity contribution in [3.8, 4) is 11.5 Å². The molecule has 206 valence electrons. The Kier molecular flexibility index (Phi) is 8.89. The van der Waals surface area contributed by atoms with Crippen molar-refractivity contribution >= 4 is 41.1 Å². The predicted molar refractivity (Wildman–Crippen MR) is 131 cm³/mol. The lowest BCUT2D eigenvalue weighted by Gasteiger charge is -2.29. The number of imide groups is 1. The van der Waals surface area contributed by atoms with Crippen molar-refractivity contribution in [1.29, 1.82) is 0 Å². The van der Waals surface area contributed by atoms with Gasteiger partial charge in [0, 0.05) is 6.07 Å². The molecule has 0 aromatic heterocycles. The fourth-order valence-electron chi connectivity index (χ4n) is 2.86. The molecule has 11 nitrogen and oxygen atoms in total. The van der Waals surface area contributed by atoms with Crippen molar-refractivity contribution in [2.75, 3.05) is 12.0 Å². The number of anilines is 1. The van der Waals surface area contributed by atoms with Gasteiger partial charge in [0.25, 0.3) is 5.69 Å². The Hall–Kier alpha value is -4.00. The number of amides is 2. The zero-order valence-electron chi connectivity index (χ0n) is 21.5. The molecule has 0 bridgehead atoms. The number of ether oxygens (including phenoxy) is 4. The normalized spacial score (nSPS) is 11.4. The number of hydrogen-bond donors (Lipinski definition) is 0. The minimum absolute atomic E-state index is 0.400. The molecule has 0 aliphatic carbocycles. The molecule has 0 spiro atoms. The van der Waals surface area contributed by atoms with Crippen molar-refractivity contribution in [2.24, 2.45) is 0 Å². The smallest absolute Gasteiger partial charge is 0.424 e. The quantitative estimate of drug-likeness (QED) is 0.168. The first-order valence-electron chi connectivity index (χ1n) is 10.8. The Labute approximate surface area is 221 Å². The van der Waals surface area contributed by atoms with Crippen LogP contribution in [0.1, 0.15) is 51.9 Å². The molecule has 0 aliphatic rings. The Balaban J connectivity index is 2.68. The number of nitro benzene ring substituents is 1. The van der Waals surface area contributed by atoms with Crippen LogP contribution in [0.4, 0.5) is 29.7 Å². The maximum Gasteiger partial charge on any atom is 0.424 e. The third-order valence-corrected chi connectivity index (χ3v) is 4.67. The van der Waals surface area contributed by atoms with Crippen LogP contribution in [0.25, 0.3) is 0 Å². The molecule has 2 rings (SSSR count). The Morgan fingerprint density at radius 2 is 1.47 bits per heavy atom. The summed E-state index contributed by atoms with van der Waals surface area (Å²) in [5.41, 5.74) is -4.57. The van der Waals surface area contributed by atoms with E-state index in [9.17, 15) is 28.9 Å². The molecule has 2 aromatic carbocycles. The highest BCUT2D eigenvalue weighted by atomic mass is 35.5. The summed E-state index contributed by atoms with van der Waals surface area (Å²) in [5, 5.41) is 10.6. The van der Waals surface area contributed by atoms with Gasteiger partial charge in [0.2, 0.25) is 0 Å². The molecular formula is C24H25ClF2N2O9. The van der Waals surface area contributed by atoms with Gasteiger partial charge >= 0.3 is 18.2 Å². The zero-order chi connectivity index (χ0) is 29.2. The van der Waals surface area contributed by atoms with Crippen LogP contribution in [0.3, 0.4) is 0 Å². The monoisotopic (exact) mass is 558 g/mol. The minimum Gasteiger partial charge on any atom is -0.465 e. The van der Waals surface area contributed by atoms with Crippen molar-refractivity contribution in [3.05, 3.63) is 56.6 Å². The van der Waals surface area contributed by atoms with Gasteiger partial charge in [0.05, 0.1) is 17.7 Å². The van der Waals surface area contributed by atoms with Crippen LogP contribution in [0.15, 0.2) is 24.3 Å². The topological polar surface area (TPSA) is 135 Å². The van der Waals surface area contributed by atoms with Crippen LogP contribution in [0.5, 0.6) is 11.5 Å². The van der Waals surface area contributed by atoms with Gasteiger partial charge in [-0.3, -0.25) is 10.1 Å². The predicted octanol–water partition coefficient (Wildman–Crippen LogP) is 6.78. The van der Waals surface area contributed by atoms with Crippen LogP contribution < -0.4 is 9.64 Å². The van der Waals surface area contributed by atoms with E-state index in [-0.39, 0.29) is 0 Å². The largest absolute Gasteiger partial charge is 0.465 e. The van der Waals surface area contributed by atoms with E-state index < -0.39 is 79.4 Å². The van der Waals surface area contributed by atoms with Gasteiger partial charge in [-0.1, -0.05) is 11.6 Å². The number of carbonyl (C=O) groups is 3. The van der Waals surface area contributed by atoms with Crippen molar-refractivity contribution in [2.45, 2.75) is 52.7 Å². The lowest BCUT2D eigenvalue weighted by molar-refractivity contribution is -0.385. The first-order chi connectivity index (χ1) is 17.4. The first-order valence-corrected chi connectivity index (χ1v) is 11.2. The number of esters is 1. The highest BCUT2D eigenvalue weighted by molar-refractivity contribution is 6.36. The van der Waals surface area contributed by atoms with Gasteiger partial charge in [-0.2, -0.15) is 4.90 Å². The molecule has 0 saturated heterocycles. The molecule has 0 fully saturated rings. The summed E-state index contributed by atoms with van der Waals surface area (Å²) in [6.45, 7) is 9.22. The van der Waals surface area contributed by atoms with E-state index in [1.54, 1.807) is 0 Å². The zero-order valence-corrected chi connectivity index (χ0v) is 22.3. The van der Waals surface area contributed by atoms with E-state index in [0.29, 0.717) is 4.90 Å². The van der Waals surface area contributed by atoms with Gasteiger partial charge in [-0.25, -0.2) is 23.2 Å². The third kappa shape index (κ3) is 7.06. The van der Waals surface area contributed by atoms with E-state index in [0.717, 1.165) is 31.4 Å². The van der Waals surface area contributed by atoms with Crippen LogP contribution >= 0.6 is 11.6 Å². The third-order valence-electron chi connectivity index (χ3n) is 4.30. The second-order valence-electron chi connectivity index (χ2n) is 9.63. The second-order valence-corrected chi connectivity index (χ2v) is 10.0. The van der Waals surface area contributed by atoms with Crippen LogP contribution in [0.2, 0.25) is 5.02 Å². The molecule has 0 unspecified atom stereocenters. The molecule has 0 heterocycles. The van der Waals surface area contributed by atoms with E-state index in [4.69, 9.17) is 25.8 Å². The fourth-order valence-corrected chi connectivity index (χ4v) is 3.14. The van der Waals surface area contributed by atoms with E-state index in [1.165, 1.54) is 41.5 Å². The summed E-state index contributed by atoms with van der Waals surface area (Å²) in [6, 6.07) is 3.24. The molecular weight excluding hydrogens is 534 g/mol. The average molecular weight is 559 g/mol. The molecule has 0 radical (unpaired) electrons. The number of benzene rings is 2. The SMILES string of the molecule is COC(=O)c1c([N+](=O)[O-])ccc(Oc2c(F)ccc(N(C(=O)OC(C)(C)C)C(=O)OC(C)(C)C)c2Cl)c1F. The molecule has 14 heteroatoms. The molecule has 0 saturated carbocycles. The van der Waals surface area contributed by atoms with Gasteiger partial charge < -0.3 is 18.9 Å². The van der Waals surface area contributed by atoms with Crippen molar-refractivity contribution < 1.29 is 47.0 Å². The number of nitro groups is 1. The molecule has 0 aliphatic heterocycles. The number of hydrogen-bond acceptors (Lipinski definition) is 9. The molecule has 0 N–H and O–H groups in total. The Morgan fingerprint density at radius 1 is 0.947 bits per heavy atom. The Morgan fingerprint density at radius 3 is 1.92 bits per heavy atom. The average Bonchev–Trinajstić information content (AvgIpc) is 2.76. The summed E-state index contributed by atoms with van der Waals surface area (Å²) in [4.78, 5) is 48.5. The summed E-state index contributed by atoms with van der Waals surface area (Å²) in [6.07, 6.45) is -2.44. The van der Waals surface area contributed by atoms with Crippen LogP contribution in [-0.2, 0) is 14.2 Å². The number of rotatable bonds is 5. The summed E-state index contributed by atoms with van der Waals surface area (Å²) < 4.78 is 50.1. The van der Waals surface area contributed by atoms with E-state index in [2.05, 4.69) is 4.74 Å². The van der Waals surface area contributed by atoms with E-state index >= 15 is 4.39 Å².